The minimum atomic E-state index is -1.04. The van der Waals surface area contributed by atoms with Crippen molar-refractivity contribution in [2.24, 2.45) is 0 Å². The summed E-state index contributed by atoms with van der Waals surface area (Å²) in [6.07, 6.45) is -0.775. The van der Waals surface area contributed by atoms with Crippen molar-refractivity contribution in [3.8, 4) is 23.3 Å². The maximum absolute atomic E-state index is 14.1. The number of ketones is 1. The first kappa shape index (κ1) is 22.3. The molecule has 12 heteroatoms. The van der Waals surface area contributed by atoms with Crippen LogP contribution in [0.1, 0.15) is 22.3 Å². The largest absolute Gasteiger partial charge is 0.461 e. The van der Waals surface area contributed by atoms with Crippen molar-refractivity contribution in [3.05, 3.63) is 52.0 Å². The van der Waals surface area contributed by atoms with Gasteiger partial charge in [0.1, 0.15) is 6.61 Å². The van der Waals surface area contributed by atoms with Crippen molar-refractivity contribution in [1.29, 1.82) is 5.26 Å². The van der Waals surface area contributed by atoms with Gasteiger partial charge in [0, 0.05) is 21.0 Å². The Labute approximate surface area is 204 Å². The summed E-state index contributed by atoms with van der Waals surface area (Å²) >= 11 is 4.86. The van der Waals surface area contributed by atoms with E-state index in [1.54, 1.807) is 18.2 Å². The molecule has 0 aliphatic heterocycles. The first-order valence-electron chi connectivity index (χ1n) is 10.1. The summed E-state index contributed by atoms with van der Waals surface area (Å²) in [5.41, 5.74) is 2.70. The molecule has 4 aromatic rings. The second-order valence-corrected chi connectivity index (χ2v) is 8.75. The molecule has 2 aromatic carbocycles. The van der Waals surface area contributed by atoms with Crippen molar-refractivity contribution in [2.75, 3.05) is 25.1 Å². The van der Waals surface area contributed by atoms with Crippen LogP contribution < -0.4 is 10.1 Å². The number of carbonyl (C=O) groups is 1. The van der Waals surface area contributed by atoms with Gasteiger partial charge in [0.2, 0.25) is 5.95 Å². The lowest BCUT2D eigenvalue weighted by Crippen LogP contribution is -2.14. The van der Waals surface area contributed by atoms with Crippen LogP contribution in [0.5, 0.6) is 6.01 Å². The van der Waals surface area contributed by atoms with Gasteiger partial charge in [-0.2, -0.15) is 24.0 Å². The van der Waals surface area contributed by atoms with Crippen molar-refractivity contribution < 1.29 is 18.7 Å². The molecule has 0 atom stereocenters. The molecule has 34 heavy (non-hydrogen) atoms. The lowest BCUT2D eigenvalue weighted by atomic mass is 9.86. The van der Waals surface area contributed by atoms with E-state index in [9.17, 15) is 9.18 Å². The minimum Gasteiger partial charge on any atom is -0.461 e. The Morgan fingerprint density at radius 3 is 2.85 bits per heavy atom. The third-order valence-electron chi connectivity index (χ3n) is 5.01. The number of hydrogen-bond acceptors (Lipinski definition) is 10. The number of halogens is 2. The first-order chi connectivity index (χ1) is 16.6. The van der Waals surface area contributed by atoms with E-state index in [-0.39, 0.29) is 44.0 Å². The summed E-state index contributed by atoms with van der Waals surface area (Å²) in [7, 11) is 0. The van der Waals surface area contributed by atoms with Crippen LogP contribution >= 0.6 is 27.5 Å². The molecule has 0 saturated heterocycles. The molecule has 0 radical (unpaired) electrons. The van der Waals surface area contributed by atoms with Gasteiger partial charge in [-0.3, -0.25) is 4.79 Å². The fourth-order valence-corrected chi connectivity index (χ4v) is 4.95. The Bertz CT molecular complexity index is 1470. The highest BCUT2D eigenvalue weighted by Gasteiger charge is 2.31. The summed E-state index contributed by atoms with van der Waals surface area (Å²) in [6.45, 7) is 0.528. The van der Waals surface area contributed by atoms with Crippen LogP contribution in [0.4, 0.5) is 16.0 Å². The first-order valence-corrected chi connectivity index (χ1v) is 11.7. The highest BCUT2D eigenvalue weighted by molar-refractivity contribution is 9.10. The Kier molecular flexibility index (Phi) is 6.14. The van der Waals surface area contributed by atoms with E-state index < -0.39 is 6.08 Å². The lowest BCUT2D eigenvalue weighted by Gasteiger charge is -2.20. The quantitative estimate of drug-likeness (QED) is 0.280. The van der Waals surface area contributed by atoms with Crippen LogP contribution in [-0.4, -0.2) is 44.9 Å². The molecule has 1 N–H and O–H groups in total. The van der Waals surface area contributed by atoms with Crippen LogP contribution in [0.3, 0.4) is 0 Å². The molecule has 0 bridgehead atoms. The second kappa shape index (κ2) is 9.38. The Morgan fingerprint density at radius 2 is 2.00 bits per heavy atom. The third-order valence-corrected chi connectivity index (χ3v) is 6.48. The zero-order valence-electron chi connectivity index (χ0n) is 17.3. The van der Waals surface area contributed by atoms with Crippen molar-refractivity contribution >= 4 is 55.0 Å². The molecule has 2 aromatic heterocycles. The number of nitriles is 1. The normalized spacial score (nSPS) is 11.9. The van der Waals surface area contributed by atoms with E-state index in [0.717, 1.165) is 10.1 Å². The van der Waals surface area contributed by atoms with Gasteiger partial charge in [0.05, 0.1) is 47.3 Å². The van der Waals surface area contributed by atoms with Crippen molar-refractivity contribution in [2.45, 2.75) is 6.42 Å². The zero-order chi connectivity index (χ0) is 23.7. The molecule has 9 nitrogen and oxygen atoms in total. The highest BCUT2D eigenvalue weighted by Crippen LogP contribution is 2.46. The smallest absolute Gasteiger partial charge is 0.323 e. The summed E-state index contributed by atoms with van der Waals surface area (Å²) in [5.74, 6) is -0.301. The Morgan fingerprint density at radius 1 is 1.12 bits per heavy atom. The molecule has 1 aliphatic rings. The van der Waals surface area contributed by atoms with E-state index in [0.29, 0.717) is 32.5 Å². The van der Waals surface area contributed by atoms with Gasteiger partial charge in [-0.1, -0.05) is 28.1 Å². The Hall–Kier alpha value is -3.53. The average Bonchev–Trinajstić information content (AvgIpc) is 3.25. The van der Waals surface area contributed by atoms with Gasteiger partial charge < -0.3 is 14.8 Å². The van der Waals surface area contributed by atoms with Gasteiger partial charge in [-0.05, 0) is 29.7 Å². The number of carbonyl (C=O) groups excluding carboxylic acids is 1. The molecule has 0 amide bonds. The number of hydrogen-bond donors (Lipinski definition) is 1. The molecule has 0 saturated carbocycles. The van der Waals surface area contributed by atoms with Gasteiger partial charge in [-0.25, -0.2) is 0 Å². The van der Waals surface area contributed by atoms with Crippen LogP contribution in [0.15, 0.2) is 34.8 Å². The van der Waals surface area contributed by atoms with Gasteiger partial charge in [-0.15, -0.1) is 4.98 Å². The van der Waals surface area contributed by atoms with E-state index in [1.807, 2.05) is 18.2 Å². The SMILES string of the molecule is N#CCCOCCOc1nc(F)nc(Nc2ccc(Br)c3c2C(=O)c2cccc4snc-3c24)n1. The van der Waals surface area contributed by atoms with Crippen molar-refractivity contribution in [1.82, 2.24) is 19.3 Å². The maximum Gasteiger partial charge on any atom is 0.323 e. The molecule has 1 aliphatic carbocycles. The molecule has 170 valence electrons. The van der Waals surface area contributed by atoms with E-state index in [2.05, 4.69) is 40.6 Å². The second-order valence-electron chi connectivity index (χ2n) is 7.09. The average molecular weight is 541 g/mol. The fraction of sp³-hybridized carbons (Fsp3) is 0.182. The number of anilines is 2. The Balaban J connectivity index is 1.45. The van der Waals surface area contributed by atoms with Crippen LogP contribution in [-0.2, 0) is 4.74 Å². The third kappa shape index (κ3) is 4.09. The number of nitrogens with zero attached hydrogens (tertiary/aromatic N) is 5. The summed E-state index contributed by atoms with van der Waals surface area (Å²) in [6, 6.07) is 10.7. The maximum atomic E-state index is 14.1. The zero-order valence-corrected chi connectivity index (χ0v) is 19.7. The molecule has 5 rings (SSSR count). The van der Waals surface area contributed by atoms with Gasteiger partial charge in [0.15, 0.2) is 5.78 Å². The van der Waals surface area contributed by atoms with E-state index in [4.69, 9.17) is 14.7 Å². The topological polar surface area (TPSA) is 123 Å². The van der Waals surface area contributed by atoms with Crippen LogP contribution in [0, 0.1) is 17.4 Å². The minimum absolute atomic E-state index is 0.0666. The molecular formula is C22H14BrFN6O3S. The van der Waals surface area contributed by atoms with Crippen molar-refractivity contribution in [3.63, 3.8) is 0 Å². The predicted octanol–water partition coefficient (Wildman–Crippen LogP) is 4.65. The number of nitrogens with one attached hydrogen (secondary N) is 1. The number of aromatic nitrogens is 4. The fourth-order valence-electron chi connectivity index (χ4n) is 3.62. The molecule has 0 unspecified atom stereocenters. The number of benzene rings is 2. The molecular weight excluding hydrogens is 527 g/mol. The van der Waals surface area contributed by atoms with Crippen LogP contribution in [0.2, 0.25) is 0 Å². The summed E-state index contributed by atoms with van der Waals surface area (Å²) in [5, 5.41) is 12.2. The monoisotopic (exact) mass is 540 g/mol. The van der Waals surface area contributed by atoms with Gasteiger partial charge in [0.25, 0.3) is 0 Å². The number of rotatable bonds is 8. The number of ether oxygens (including phenoxy) is 2. The summed E-state index contributed by atoms with van der Waals surface area (Å²) < 4.78 is 30.8. The highest BCUT2D eigenvalue weighted by atomic mass is 79.9. The summed E-state index contributed by atoms with van der Waals surface area (Å²) in [4.78, 5) is 24.8. The molecule has 2 heterocycles. The molecule has 0 spiro atoms. The van der Waals surface area contributed by atoms with E-state index >= 15 is 0 Å². The predicted molar refractivity (Wildman–Crippen MR) is 126 cm³/mol. The molecule has 0 fully saturated rings. The lowest BCUT2D eigenvalue weighted by molar-refractivity contribution is 0.100. The van der Waals surface area contributed by atoms with Crippen LogP contribution in [0.25, 0.3) is 21.3 Å². The van der Waals surface area contributed by atoms with Gasteiger partial charge >= 0.3 is 12.1 Å². The standard InChI is InChI=1S/C22H14BrFN6O3S/c23-12-5-6-13(17-16(12)18-15-11(19(17)31)3-1-4-14(15)34-30-18)26-21-27-20(24)28-22(29-21)33-10-9-32-8-2-7-25/h1,3-6H,2,8-10H2,(H,26,27,28,29). The van der Waals surface area contributed by atoms with E-state index in [1.165, 1.54) is 11.5 Å². The number of fused-ring (bicyclic) bond motifs is 2.